The summed E-state index contributed by atoms with van der Waals surface area (Å²) < 4.78 is 0. The molecule has 0 amide bonds. The van der Waals surface area contributed by atoms with E-state index in [9.17, 15) is 0 Å². The summed E-state index contributed by atoms with van der Waals surface area (Å²) in [6.07, 6.45) is 14.2. The zero-order chi connectivity index (χ0) is 9.97. The van der Waals surface area contributed by atoms with Crippen LogP contribution in [0.4, 0.5) is 0 Å². The van der Waals surface area contributed by atoms with Crippen LogP contribution in [0.1, 0.15) is 44.9 Å². The third kappa shape index (κ3) is 1.96. The van der Waals surface area contributed by atoms with E-state index in [0.717, 1.165) is 37.0 Å². The van der Waals surface area contributed by atoms with Gasteiger partial charge in [-0.1, -0.05) is 12.8 Å². The molecule has 3 unspecified atom stereocenters. The van der Waals surface area contributed by atoms with Gasteiger partial charge in [0.25, 0.3) is 0 Å². The summed E-state index contributed by atoms with van der Waals surface area (Å²) in [7, 11) is 0. The quantitative estimate of drug-likeness (QED) is 0.536. The van der Waals surface area contributed by atoms with Crippen molar-refractivity contribution in [2.45, 2.75) is 51.0 Å². The molecule has 0 radical (unpaired) electrons. The predicted octanol–water partition coefficient (Wildman–Crippen LogP) is 2.55. The first-order valence-corrected chi connectivity index (χ1v) is 6.03. The van der Waals surface area contributed by atoms with Gasteiger partial charge in [-0.15, -0.1) is 12.3 Å². The Bertz CT molecular complexity index is 216. The van der Waals surface area contributed by atoms with Gasteiger partial charge in [-0.2, -0.15) is 0 Å². The molecule has 0 aromatic rings. The van der Waals surface area contributed by atoms with Crippen molar-refractivity contribution in [1.82, 2.24) is 0 Å². The Morgan fingerprint density at radius 3 is 2.50 bits per heavy atom. The van der Waals surface area contributed by atoms with Gasteiger partial charge in [-0.25, -0.2) is 0 Å². The molecule has 78 valence electrons. The van der Waals surface area contributed by atoms with Gasteiger partial charge in [0.2, 0.25) is 0 Å². The second-order valence-electron chi connectivity index (χ2n) is 4.95. The van der Waals surface area contributed by atoms with Gasteiger partial charge >= 0.3 is 0 Å². The van der Waals surface area contributed by atoms with E-state index in [1.54, 1.807) is 0 Å². The largest absolute Gasteiger partial charge is 0.327 e. The molecule has 0 spiro atoms. The maximum Gasteiger partial charge on any atom is 0.00866 e. The second-order valence-corrected chi connectivity index (χ2v) is 4.95. The zero-order valence-corrected chi connectivity index (χ0v) is 8.91. The summed E-state index contributed by atoms with van der Waals surface area (Å²) in [6, 6.07) is 0.441. The zero-order valence-electron chi connectivity index (χ0n) is 8.91. The molecule has 0 aromatic carbocycles. The maximum absolute atomic E-state index is 6.21. The number of fused-ring (bicyclic) bond motifs is 1. The van der Waals surface area contributed by atoms with E-state index in [4.69, 9.17) is 12.2 Å². The van der Waals surface area contributed by atoms with Gasteiger partial charge in [0.15, 0.2) is 0 Å². The molecule has 0 saturated heterocycles. The average molecular weight is 191 g/mol. The molecule has 1 nitrogen and oxygen atoms in total. The molecule has 0 heterocycles. The van der Waals surface area contributed by atoms with E-state index < -0.39 is 0 Å². The van der Waals surface area contributed by atoms with Crippen molar-refractivity contribution < 1.29 is 0 Å². The Hall–Kier alpha value is -0.480. The first-order chi connectivity index (χ1) is 6.84. The fourth-order valence-corrected chi connectivity index (χ4v) is 3.32. The fourth-order valence-electron chi connectivity index (χ4n) is 3.32. The summed E-state index contributed by atoms with van der Waals surface area (Å²) in [5, 5.41) is 0. The highest BCUT2D eigenvalue weighted by atomic mass is 14.7. The molecular formula is C13H21N. The monoisotopic (exact) mass is 191 g/mol. The van der Waals surface area contributed by atoms with Crippen molar-refractivity contribution in [3.63, 3.8) is 0 Å². The molecule has 2 saturated carbocycles. The minimum atomic E-state index is 0.441. The van der Waals surface area contributed by atoms with Crippen molar-refractivity contribution in [2.75, 3.05) is 0 Å². The number of rotatable bonds is 4. The van der Waals surface area contributed by atoms with Crippen LogP contribution < -0.4 is 5.73 Å². The lowest BCUT2D eigenvalue weighted by Gasteiger charge is -2.09. The average Bonchev–Trinajstić information content (AvgIpc) is 2.92. The van der Waals surface area contributed by atoms with Crippen molar-refractivity contribution in [3.05, 3.63) is 0 Å². The molecule has 2 aliphatic carbocycles. The van der Waals surface area contributed by atoms with Gasteiger partial charge in [0, 0.05) is 12.5 Å². The van der Waals surface area contributed by atoms with Gasteiger partial charge in [-0.3, -0.25) is 0 Å². The lowest BCUT2D eigenvalue weighted by molar-refractivity contribution is 0.480. The van der Waals surface area contributed by atoms with E-state index in [2.05, 4.69) is 5.92 Å². The maximum atomic E-state index is 6.21. The van der Waals surface area contributed by atoms with Crippen LogP contribution in [0.3, 0.4) is 0 Å². The topological polar surface area (TPSA) is 26.0 Å². The first kappa shape index (κ1) is 10.1. The van der Waals surface area contributed by atoms with Crippen molar-refractivity contribution in [3.8, 4) is 12.3 Å². The van der Waals surface area contributed by atoms with Crippen LogP contribution in [-0.2, 0) is 0 Å². The Kier molecular flexibility index (Phi) is 3.13. The van der Waals surface area contributed by atoms with Crippen LogP contribution >= 0.6 is 0 Å². The van der Waals surface area contributed by atoms with E-state index in [1.807, 2.05) is 0 Å². The summed E-state index contributed by atoms with van der Waals surface area (Å²) in [5.41, 5.74) is 6.21. The molecule has 2 N–H and O–H groups in total. The molecule has 2 fully saturated rings. The van der Waals surface area contributed by atoms with Crippen LogP contribution in [0.15, 0.2) is 0 Å². The Labute approximate surface area is 87.4 Å². The molecule has 2 rings (SSSR count). The fraction of sp³-hybridized carbons (Fsp3) is 0.846. The van der Waals surface area contributed by atoms with Crippen molar-refractivity contribution >= 4 is 0 Å². The van der Waals surface area contributed by atoms with Crippen LogP contribution in [0.2, 0.25) is 0 Å². The molecule has 3 atom stereocenters. The van der Waals surface area contributed by atoms with Gasteiger partial charge < -0.3 is 5.73 Å². The highest BCUT2D eigenvalue weighted by Gasteiger charge is 2.52. The van der Waals surface area contributed by atoms with E-state index in [1.165, 1.54) is 25.7 Å². The van der Waals surface area contributed by atoms with E-state index in [-0.39, 0.29) is 0 Å². The SMILES string of the molecule is C#CCCCC(N)C1C2CCCCC21. The van der Waals surface area contributed by atoms with Crippen LogP contribution in [0.5, 0.6) is 0 Å². The lowest BCUT2D eigenvalue weighted by Crippen LogP contribution is -2.23. The number of hydrogen-bond donors (Lipinski definition) is 1. The Balaban J connectivity index is 1.72. The number of terminal acetylenes is 1. The van der Waals surface area contributed by atoms with E-state index >= 15 is 0 Å². The summed E-state index contributed by atoms with van der Waals surface area (Å²) in [4.78, 5) is 0. The Morgan fingerprint density at radius 2 is 1.93 bits per heavy atom. The standard InChI is InChI=1S/C13H21N/c1-2-3-4-9-12(14)13-10-7-5-6-8-11(10)13/h1,10-13H,3-9,14H2. The normalized spacial score (nSPS) is 37.0. The number of nitrogens with two attached hydrogens (primary N) is 1. The van der Waals surface area contributed by atoms with Crippen LogP contribution in [-0.4, -0.2) is 6.04 Å². The predicted molar refractivity (Wildman–Crippen MR) is 59.6 cm³/mol. The van der Waals surface area contributed by atoms with Crippen molar-refractivity contribution in [2.24, 2.45) is 23.5 Å². The molecule has 14 heavy (non-hydrogen) atoms. The highest BCUT2D eigenvalue weighted by molar-refractivity contribution is 5.03. The molecule has 0 bridgehead atoms. The summed E-state index contributed by atoms with van der Waals surface area (Å²) in [5.74, 6) is 5.53. The molecule has 1 heteroatoms. The smallest absolute Gasteiger partial charge is 0.00866 e. The highest BCUT2D eigenvalue weighted by Crippen LogP contribution is 2.57. The molecular weight excluding hydrogens is 170 g/mol. The minimum absolute atomic E-state index is 0.441. The minimum Gasteiger partial charge on any atom is -0.327 e. The van der Waals surface area contributed by atoms with Crippen LogP contribution in [0, 0.1) is 30.1 Å². The van der Waals surface area contributed by atoms with Gasteiger partial charge in [0.1, 0.15) is 0 Å². The summed E-state index contributed by atoms with van der Waals surface area (Å²) in [6.45, 7) is 0. The Morgan fingerprint density at radius 1 is 1.29 bits per heavy atom. The second kappa shape index (κ2) is 4.36. The van der Waals surface area contributed by atoms with Crippen LogP contribution in [0.25, 0.3) is 0 Å². The first-order valence-electron chi connectivity index (χ1n) is 6.03. The lowest BCUT2D eigenvalue weighted by atomic mass is 10.0. The number of unbranched alkanes of at least 4 members (excludes halogenated alkanes) is 1. The third-order valence-corrected chi connectivity index (χ3v) is 4.08. The molecule has 0 aromatic heterocycles. The molecule has 0 aliphatic heterocycles. The third-order valence-electron chi connectivity index (χ3n) is 4.08. The molecule has 2 aliphatic rings. The van der Waals surface area contributed by atoms with Crippen molar-refractivity contribution in [1.29, 1.82) is 0 Å². The number of hydrogen-bond acceptors (Lipinski definition) is 1. The van der Waals surface area contributed by atoms with Gasteiger partial charge in [-0.05, 0) is 43.4 Å². The van der Waals surface area contributed by atoms with Gasteiger partial charge in [0.05, 0.1) is 0 Å². The van der Waals surface area contributed by atoms with E-state index in [0.29, 0.717) is 6.04 Å². The summed E-state index contributed by atoms with van der Waals surface area (Å²) >= 11 is 0.